The summed E-state index contributed by atoms with van der Waals surface area (Å²) in [5, 5.41) is 0. The molecule has 7 heteroatoms. The van der Waals surface area contributed by atoms with Gasteiger partial charge in [-0.1, -0.05) is 16.5 Å². The Hall–Kier alpha value is -1.98. The summed E-state index contributed by atoms with van der Waals surface area (Å²) in [7, 11) is -3.10. The summed E-state index contributed by atoms with van der Waals surface area (Å²) >= 11 is 0. The van der Waals surface area contributed by atoms with Crippen LogP contribution in [-0.4, -0.2) is 27.6 Å². The minimum absolute atomic E-state index is 0.161. The van der Waals surface area contributed by atoms with E-state index in [-0.39, 0.29) is 10.5 Å². The highest BCUT2D eigenvalue weighted by Gasteiger charge is 2.24. The van der Waals surface area contributed by atoms with Gasteiger partial charge in [0, 0.05) is 0 Å². The van der Waals surface area contributed by atoms with Gasteiger partial charge < -0.3 is 4.74 Å². The molecule has 0 atom stereocenters. The Balaban J connectivity index is 3.63. The van der Waals surface area contributed by atoms with Crippen LogP contribution in [0.25, 0.3) is 0 Å². The molecule has 0 amide bonds. The topological polar surface area (TPSA) is 89.9 Å². The second kappa shape index (κ2) is 4.90. The predicted molar refractivity (Wildman–Crippen MR) is 57.8 cm³/mol. The van der Waals surface area contributed by atoms with Gasteiger partial charge in [0.25, 0.3) is 16.1 Å². The zero-order valence-electron chi connectivity index (χ0n) is 9.13. The number of methoxy groups -OCH3 is 1. The van der Waals surface area contributed by atoms with Crippen molar-refractivity contribution in [2.24, 2.45) is 4.40 Å². The van der Waals surface area contributed by atoms with Crippen LogP contribution in [-0.2, 0) is 19.6 Å². The molecule has 0 saturated heterocycles. The first kappa shape index (κ1) is 13.1. The number of aryl methyl sites for hydroxylation is 1. The zero-order chi connectivity index (χ0) is 13.1. The SMILES string of the molecule is COC(=O)c1cccc(C)c1S(=O)(=O)N=C=O. The average molecular weight is 255 g/mol. The maximum atomic E-state index is 11.7. The smallest absolute Gasteiger partial charge is 0.339 e. The Bertz CT molecular complexity index is 599. The van der Waals surface area contributed by atoms with Crippen LogP contribution in [0.2, 0.25) is 0 Å². The van der Waals surface area contributed by atoms with Crippen LogP contribution in [0.5, 0.6) is 0 Å². The number of esters is 1. The minimum Gasteiger partial charge on any atom is -0.465 e. The number of sulfonamides is 1. The third kappa shape index (κ3) is 2.58. The first-order chi connectivity index (χ1) is 7.94. The molecule has 0 aliphatic carbocycles. The molecule has 0 fully saturated rings. The van der Waals surface area contributed by atoms with E-state index < -0.39 is 16.0 Å². The fraction of sp³-hybridized carbons (Fsp3) is 0.200. The Morgan fingerprint density at radius 2 is 2.06 bits per heavy atom. The zero-order valence-corrected chi connectivity index (χ0v) is 9.95. The van der Waals surface area contributed by atoms with Gasteiger partial charge in [-0.25, -0.2) is 9.59 Å². The molecular weight excluding hydrogens is 246 g/mol. The summed E-state index contributed by atoms with van der Waals surface area (Å²) in [4.78, 5) is 21.1. The van der Waals surface area contributed by atoms with Gasteiger partial charge >= 0.3 is 5.97 Å². The van der Waals surface area contributed by atoms with Crippen molar-refractivity contribution in [2.45, 2.75) is 11.8 Å². The quantitative estimate of drug-likeness (QED) is 0.453. The van der Waals surface area contributed by atoms with Gasteiger partial charge in [0.2, 0.25) is 0 Å². The lowest BCUT2D eigenvalue weighted by atomic mass is 10.1. The minimum atomic E-state index is -4.23. The lowest BCUT2D eigenvalue weighted by Gasteiger charge is -2.07. The molecule has 17 heavy (non-hydrogen) atoms. The standard InChI is InChI=1S/C10H9NO5S/c1-7-4-3-5-8(10(13)16-2)9(7)17(14,15)11-6-12/h3-5H,1-2H3. The Morgan fingerprint density at radius 3 is 2.59 bits per heavy atom. The van der Waals surface area contributed by atoms with Gasteiger partial charge in [-0.05, 0) is 18.6 Å². The molecule has 0 aliphatic rings. The van der Waals surface area contributed by atoms with E-state index in [4.69, 9.17) is 0 Å². The van der Waals surface area contributed by atoms with E-state index in [2.05, 4.69) is 9.13 Å². The highest BCUT2D eigenvalue weighted by atomic mass is 32.2. The number of ether oxygens (including phenoxy) is 1. The van der Waals surface area contributed by atoms with E-state index in [1.54, 1.807) is 0 Å². The molecule has 1 aromatic carbocycles. The number of hydrogen-bond acceptors (Lipinski definition) is 5. The van der Waals surface area contributed by atoms with Gasteiger partial charge in [0.15, 0.2) is 0 Å². The molecule has 90 valence electrons. The van der Waals surface area contributed by atoms with Gasteiger partial charge in [0.1, 0.15) is 4.90 Å². The highest BCUT2D eigenvalue weighted by Crippen LogP contribution is 2.22. The molecule has 0 heterocycles. The van der Waals surface area contributed by atoms with Crippen LogP contribution in [0.1, 0.15) is 15.9 Å². The van der Waals surface area contributed by atoms with E-state index in [1.165, 1.54) is 25.1 Å². The van der Waals surface area contributed by atoms with Crippen molar-refractivity contribution >= 4 is 22.1 Å². The Kier molecular flexibility index (Phi) is 3.77. The number of carbonyl (C=O) groups excluding carboxylic acids is 2. The van der Waals surface area contributed by atoms with Crippen LogP contribution in [0, 0.1) is 6.92 Å². The molecule has 0 spiro atoms. The van der Waals surface area contributed by atoms with Crippen molar-refractivity contribution in [3.8, 4) is 0 Å². The molecule has 6 nitrogen and oxygen atoms in total. The highest BCUT2D eigenvalue weighted by molar-refractivity contribution is 7.90. The van der Waals surface area contributed by atoms with E-state index in [1.807, 2.05) is 0 Å². The van der Waals surface area contributed by atoms with Crippen molar-refractivity contribution in [3.63, 3.8) is 0 Å². The molecule has 0 bridgehead atoms. The van der Waals surface area contributed by atoms with Crippen LogP contribution in [0.3, 0.4) is 0 Å². The second-order valence-corrected chi connectivity index (χ2v) is 4.64. The summed E-state index contributed by atoms with van der Waals surface area (Å²) in [6, 6.07) is 4.27. The predicted octanol–water partition coefficient (Wildman–Crippen LogP) is 0.806. The summed E-state index contributed by atoms with van der Waals surface area (Å²) < 4.78 is 30.5. The molecule has 0 radical (unpaired) electrons. The molecular formula is C10H9NO5S. The molecule has 1 rings (SSSR count). The molecule has 0 aliphatic heterocycles. The number of isocyanates is 1. The molecule has 0 saturated carbocycles. The summed E-state index contributed by atoms with van der Waals surface area (Å²) in [6.45, 7) is 1.49. The van der Waals surface area contributed by atoms with Crippen molar-refractivity contribution < 1.29 is 22.7 Å². The molecule has 0 unspecified atom stereocenters. The first-order valence-electron chi connectivity index (χ1n) is 4.46. The maximum Gasteiger partial charge on any atom is 0.339 e. The molecule has 0 N–H and O–H groups in total. The molecule has 1 aromatic rings. The average Bonchev–Trinajstić information content (AvgIpc) is 2.27. The number of nitrogens with zero attached hydrogens (tertiary/aromatic N) is 1. The molecule has 0 aromatic heterocycles. The van der Waals surface area contributed by atoms with Crippen molar-refractivity contribution in [1.82, 2.24) is 0 Å². The van der Waals surface area contributed by atoms with Crippen molar-refractivity contribution in [1.29, 1.82) is 0 Å². The number of carbonyl (C=O) groups is 1. The fourth-order valence-electron chi connectivity index (χ4n) is 1.36. The van der Waals surface area contributed by atoms with Gasteiger partial charge in [0.05, 0.1) is 12.7 Å². The Labute approximate surface area is 98.0 Å². The number of hydrogen-bond donors (Lipinski definition) is 0. The summed E-state index contributed by atoms with van der Waals surface area (Å²) in [5.41, 5.74) is 0.137. The third-order valence-electron chi connectivity index (χ3n) is 2.03. The van der Waals surface area contributed by atoms with E-state index in [9.17, 15) is 18.0 Å². The Morgan fingerprint density at radius 1 is 1.41 bits per heavy atom. The second-order valence-electron chi connectivity index (χ2n) is 3.10. The van der Waals surface area contributed by atoms with Crippen LogP contribution < -0.4 is 0 Å². The number of benzene rings is 1. The summed E-state index contributed by atoms with van der Waals surface area (Å²) in [6.07, 6.45) is 0.953. The van der Waals surface area contributed by atoms with E-state index in [0.29, 0.717) is 5.56 Å². The lowest BCUT2D eigenvalue weighted by molar-refractivity contribution is 0.0596. The van der Waals surface area contributed by atoms with Crippen molar-refractivity contribution in [2.75, 3.05) is 7.11 Å². The van der Waals surface area contributed by atoms with Crippen LogP contribution in [0.15, 0.2) is 27.5 Å². The normalized spacial score (nSPS) is 10.5. The summed E-state index contributed by atoms with van der Waals surface area (Å²) in [5.74, 6) is -0.812. The van der Waals surface area contributed by atoms with Gasteiger partial charge in [-0.3, -0.25) is 0 Å². The largest absolute Gasteiger partial charge is 0.465 e. The van der Waals surface area contributed by atoms with Crippen LogP contribution in [0.4, 0.5) is 0 Å². The van der Waals surface area contributed by atoms with Crippen LogP contribution >= 0.6 is 0 Å². The third-order valence-corrected chi connectivity index (χ3v) is 3.41. The monoisotopic (exact) mass is 255 g/mol. The van der Waals surface area contributed by atoms with Gasteiger partial charge in [-0.2, -0.15) is 8.42 Å². The number of rotatable bonds is 3. The maximum absolute atomic E-state index is 11.7. The first-order valence-corrected chi connectivity index (χ1v) is 5.90. The van der Waals surface area contributed by atoms with Gasteiger partial charge in [-0.15, -0.1) is 0 Å². The van der Waals surface area contributed by atoms with E-state index in [0.717, 1.165) is 13.2 Å². The van der Waals surface area contributed by atoms with E-state index >= 15 is 0 Å². The fourth-order valence-corrected chi connectivity index (χ4v) is 2.45. The van der Waals surface area contributed by atoms with Crippen molar-refractivity contribution in [3.05, 3.63) is 29.3 Å². The lowest BCUT2D eigenvalue weighted by Crippen LogP contribution is -2.10.